The molecule has 0 aromatic carbocycles. The fraction of sp³-hybridized carbons (Fsp3) is 0.182. The Morgan fingerprint density at radius 1 is 1.56 bits per heavy atom. The molecule has 4 nitrogen and oxygen atoms in total. The van der Waals surface area contributed by atoms with Crippen LogP contribution in [0, 0.1) is 12.7 Å². The molecule has 1 N–H and O–H groups in total. The van der Waals surface area contributed by atoms with Gasteiger partial charge in [-0.1, -0.05) is 11.8 Å². The molecule has 0 aliphatic carbocycles. The number of carbonyl (C=O) groups is 1. The number of nitrogens with zero attached hydrogens (tertiary/aromatic N) is 2. The minimum Gasteiger partial charge on any atom is -0.481 e. The molecule has 0 saturated carbocycles. The van der Waals surface area contributed by atoms with Crippen LogP contribution in [-0.4, -0.2) is 26.8 Å². The van der Waals surface area contributed by atoms with Crippen molar-refractivity contribution in [1.29, 1.82) is 0 Å². The van der Waals surface area contributed by atoms with Crippen molar-refractivity contribution in [2.45, 2.75) is 11.3 Å². The van der Waals surface area contributed by atoms with E-state index >= 15 is 0 Å². The number of hydrogen-bond acceptors (Lipinski definition) is 5. The lowest BCUT2D eigenvalue weighted by Crippen LogP contribution is -1.97. The minimum absolute atomic E-state index is 0.0246. The molecular formula is C11H9FN2O2S2. The average Bonchev–Trinajstić information content (AvgIpc) is 2.69. The lowest BCUT2D eigenvalue weighted by Gasteiger charge is -1.96. The van der Waals surface area contributed by atoms with Crippen molar-refractivity contribution in [3.05, 3.63) is 29.0 Å². The first-order valence-electron chi connectivity index (χ1n) is 5.00. The van der Waals surface area contributed by atoms with E-state index in [4.69, 9.17) is 5.11 Å². The predicted octanol–water partition coefficient (Wildman–Crippen LogP) is 2.83. The molecule has 0 saturated heterocycles. The molecule has 94 valence electrons. The van der Waals surface area contributed by atoms with Crippen LogP contribution in [0.1, 0.15) is 4.88 Å². The summed E-state index contributed by atoms with van der Waals surface area (Å²) in [6, 6.07) is 2.88. The maximum atomic E-state index is 12.8. The van der Waals surface area contributed by atoms with Gasteiger partial charge in [-0.05, 0) is 19.1 Å². The lowest BCUT2D eigenvalue weighted by atomic mass is 10.2. The molecule has 0 spiro atoms. The summed E-state index contributed by atoms with van der Waals surface area (Å²) in [5.41, 5.74) is 1.26. The van der Waals surface area contributed by atoms with Crippen molar-refractivity contribution in [2.24, 2.45) is 0 Å². The van der Waals surface area contributed by atoms with Gasteiger partial charge < -0.3 is 5.11 Å². The molecule has 2 aromatic rings. The van der Waals surface area contributed by atoms with Gasteiger partial charge in [0.05, 0.1) is 17.6 Å². The van der Waals surface area contributed by atoms with Crippen LogP contribution < -0.4 is 0 Å². The molecule has 0 radical (unpaired) electrons. The van der Waals surface area contributed by atoms with Gasteiger partial charge in [-0.2, -0.15) is 0 Å². The Morgan fingerprint density at radius 2 is 2.33 bits per heavy atom. The third-order valence-corrected chi connectivity index (χ3v) is 4.16. The summed E-state index contributed by atoms with van der Waals surface area (Å²) in [6.45, 7) is 1.88. The number of aryl methyl sites for hydroxylation is 1. The summed E-state index contributed by atoms with van der Waals surface area (Å²) in [5, 5.41) is 8.60. The predicted molar refractivity (Wildman–Crippen MR) is 68.4 cm³/mol. The molecule has 0 bridgehead atoms. The average molecular weight is 284 g/mol. The minimum atomic E-state index is -0.880. The molecule has 2 heterocycles. The number of thiazole rings is 1. The number of aliphatic carboxylic acids is 1. The Balaban J connectivity index is 2.23. The summed E-state index contributed by atoms with van der Waals surface area (Å²) >= 11 is 2.58. The zero-order chi connectivity index (χ0) is 13.1. The molecule has 0 unspecified atom stereocenters. The number of halogens is 1. The van der Waals surface area contributed by atoms with Gasteiger partial charge in [0.15, 0.2) is 4.34 Å². The monoisotopic (exact) mass is 284 g/mol. The smallest absolute Gasteiger partial charge is 0.313 e. The van der Waals surface area contributed by atoms with E-state index in [2.05, 4.69) is 9.97 Å². The van der Waals surface area contributed by atoms with Crippen molar-refractivity contribution in [3.8, 4) is 11.4 Å². The zero-order valence-corrected chi connectivity index (χ0v) is 11.0. The van der Waals surface area contributed by atoms with Crippen molar-refractivity contribution in [3.63, 3.8) is 0 Å². The molecule has 2 rings (SSSR count). The standard InChI is InChI=1S/C11H9FN2O2S2/c1-6-10(8-3-2-7(12)4-13-8)14-11(18-6)17-5-9(15)16/h2-4H,5H2,1H3,(H,15,16). The second kappa shape index (κ2) is 5.45. The van der Waals surface area contributed by atoms with E-state index < -0.39 is 11.8 Å². The van der Waals surface area contributed by atoms with Crippen LogP contribution in [-0.2, 0) is 4.79 Å². The first kappa shape index (κ1) is 13.0. The van der Waals surface area contributed by atoms with Gasteiger partial charge in [0.1, 0.15) is 11.5 Å². The maximum Gasteiger partial charge on any atom is 0.313 e. The number of thioether (sulfide) groups is 1. The molecule has 7 heteroatoms. The molecule has 18 heavy (non-hydrogen) atoms. The first-order valence-corrected chi connectivity index (χ1v) is 6.80. The quantitative estimate of drug-likeness (QED) is 0.875. The van der Waals surface area contributed by atoms with Gasteiger partial charge in [-0.25, -0.2) is 9.37 Å². The van der Waals surface area contributed by atoms with Crippen LogP contribution in [0.15, 0.2) is 22.7 Å². The van der Waals surface area contributed by atoms with Crippen LogP contribution in [0.2, 0.25) is 0 Å². The van der Waals surface area contributed by atoms with Crippen molar-refractivity contribution in [2.75, 3.05) is 5.75 Å². The van der Waals surface area contributed by atoms with E-state index in [0.717, 1.165) is 11.1 Å². The third kappa shape index (κ3) is 3.05. The summed E-state index contributed by atoms with van der Waals surface area (Å²) in [6.07, 6.45) is 1.14. The Kier molecular flexibility index (Phi) is 3.93. The SMILES string of the molecule is Cc1sc(SCC(=O)O)nc1-c1ccc(F)cn1. The van der Waals surface area contributed by atoms with Gasteiger partial charge in [-0.15, -0.1) is 11.3 Å². The number of aromatic nitrogens is 2. The maximum absolute atomic E-state index is 12.8. The molecule has 0 aliphatic heterocycles. The van der Waals surface area contributed by atoms with Gasteiger partial charge in [0, 0.05) is 4.88 Å². The first-order chi connectivity index (χ1) is 8.56. The summed E-state index contributed by atoms with van der Waals surface area (Å²) in [4.78, 5) is 19.7. The van der Waals surface area contributed by atoms with Crippen molar-refractivity contribution < 1.29 is 14.3 Å². The molecule has 0 atom stereocenters. The normalized spacial score (nSPS) is 10.6. The summed E-state index contributed by atoms with van der Waals surface area (Å²) in [5.74, 6) is -1.30. The van der Waals surface area contributed by atoms with Gasteiger partial charge in [0.2, 0.25) is 0 Å². The third-order valence-electron chi connectivity index (χ3n) is 2.07. The van der Waals surface area contributed by atoms with E-state index in [9.17, 15) is 9.18 Å². The van der Waals surface area contributed by atoms with Crippen molar-refractivity contribution >= 4 is 29.1 Å². The highest BCUT2D eigenvalue weighted by molar-refractivity contribution is 8.01. The highest BCUT2D eigenvalue weighted by atomic mass is 32.2. The highest BCUT2D eigenvalue weighted by Gasteiger charge is 2.12. The molecule has 0 aliphatic rings. The Labute approximate surface area is 111 Å². The van der Waals surface area contributed by atoms with Crippen LogP contribution in [0.3, 0.4) is 0 Å². The van der Waals surface area contributed by atoms with Gasteiger partial charge in [0.25, 0.3) is 0 Å². The summed E-state index contributed by atoms with van der Waals surface area (Å²) < 4.78 is 13.4. The molecule has 0 amide bonds. The summed E-state index contributed by atoms with van der Waals surface area (Å²) in [7, 11) is 0. The Hall–Kier alpha value is -1.47. The highest BCUT2D eigenvalue weighted by Crippen LogP contribution is 2.31. The number of hydrogen-bond donors (Lipinski definition) is 1. The van der Waals surface area contributed by atoms with E-state index in [0.29, 0.717) is 15.7 Å². The number of rotatable bonds is 4. The fourth-order valence-electron chi connectivity index (χ4n) is 1.31. The van der Waals surface area contributed by atoms with Crippen LogP contribution >= 0.6 is 23.1 Å². The Bertz CT molecular complexity index is 569. The molecule has 0 fully saturated rings. The number of carboxylic acid groups (broad SMARTS) is 1. The van der Waals surface area contributed by atoms with Gasteiger partial charge >= 0.3 is 5.97 Å². The number of carboxylic acids is 1. The van der Waals surface area contributed by atoms with E-state index in [1.165, 1.54) is 29.2 Å². The second-order valence-electron chi connectivity index (χ2n) is 3.43. The zero-order valence-electron chi connectivity index (χ0n) is 9.38. The van der Waals surface area contributed by atoms with Crippen LogP contribution in [0.25, 0.3) is 11.4 Å². The lowest BCUT2D eigenvalue weighted by molar-refractivity contribution is -0.133. The van der Waals surface area contributed by atoms with E-state index in [-0.39, 0.29) is 5.75 Å². The van der Waals surface area contributed by atoms with Gasteiger partial charge in [-0.3, -0.25) is 9.78 Å². The largest absolute Gasteiger partial charge is 0.481 e. The topological polar surface area (TPSA) is 63.1 Å². The Morgan fingerprint density at radius 3 is 2.94 bits per heavy atom. The van der Waals surface area contributed by atoms with Crippen LogP contribution in [0.4, 0.5) is 4.39 Å². The van der Waals surface area contributed by atoms with E-state index in [1.54, 1.807) is 6.07 Å². The molecule has 2 aromatic heterocycles. The van der Waals surface area contributed by atoms with E-state index in [1.807, 2.05) is 6.92 Å². The van der Waals surface area contributed by atoms with Crippen LogP contribution in [0.5, 0.6) is 0 Å². The number of pyridine rings is 1. The van der Waals surface area contributed by atoms with Crippen molar-refractivity contribution in [1.82, 2.24) is 9.97 Å². The second-order valence-corrected chi connectivity index (χ2v) is 5.85. The molecular weight excluding hydrogens is 275 g/mol. The fourth-order valence-corrected chi connectivity index (χ4v) is 3.15.